The van der Waals surface area contributed by atoms with E-state index in [-0.39, 0.29) is 13.0 Å². The van der Waals surface area contributed by atoms with Gasteiger partial charge in [0.25, 0.3) is 0 Å². The van der Waals surface area contributed by atoms with Crippen LogP contribution < -0.4 is 5.73 Å². The SMILES string of the molecule is CC(=O)OC(=O)CCN. The molecule has 52 valence electrons. The van der Waals surface area contributed by atoms with Crippen LogP contribution in [-0.2, 0) is 14.3 Å². The van der Waals surface area contributed by atoms with Gasteiger partial charge in [0.1, 0.15) is 0 Å². The van der Waals surface area contributed by atoms with Gasteiger partial charge in [0.2, 0.25) is 0 Å². The second kappa shape index (κ2) is 4.03. The van der Waals surface area contributed by atoms with Crippen molar-refractivity contribution in [2.24, 2.45) is 5.73 Å². The van der Waals surface area contributed by atoms with Crippen molar-refractivity contribution in [3.63, 3.8) is 0 Å². The van der Waals surface area contributed by atoms with Gasteiger partial charge in [-0.05, 0) is 0 Å². The topological polar surface area (TPSA) is 69.4 Å². The Morgan fingerprint density at radius 2 is 2.11 bits per heavy atom. The van der Waals surface area contributed by atoms with Gasteiger partial charge in [-0.3, -0.25) is 9.59 Å². The molecule has 0 unspecified atom stereocenters. The molecule has 0 aliphatic carbocycles. The Balaban J connectivity index is 3.39. The molecule has 0 aromatic rings. The molecule has 4 heteroatoms. The highest BCUT2D eigenvalue weighted by Gasteiger charge is 2.02. The van der Waals surface area contributed by atoms with Crippen LogP contribution >= 0.6 is 0 Å². The summed E-state index contributed by atoms with van der Waals surface area (Å²) in [6.07, 6.45) is 0.0968. The number of hydrogen-bond acceptors (Lipinski definition) is 4. The molecule has 0 atom stereocenters. The maximum Gasteiger partial charge on any atom is 0.314 e. The summed E-state index contributed by atoms with van der Waals surface area (Å²) >= 11 is 0. The number of hydrogen-bond donors (Lipinski definition) is 1. The minimum Gasteiger partial charge on any atom is -0.393 e. The summed E-state index contributed by atoms with van der Waals surface area (Å²) in [5, 5.41) is 0. The van der Waals surface area contributed by atoms with Crippen LogP contribution in [0.1, 0.15) is 13.3 Å². The number of rotatable bonds is 2. The van der Waals surface area contributed by atoms with Gasteiger partial charge in [-0.1, -0.05) is 0 Å². The van der Waals surface area contributed by atoms with Crippen LogP contribution in [0.3, 0.4) is 0 Å². The van der Waals surface area contributed by atoms with Gasteiger partial charge in [0.15, 0.2) is 0 Å². The molecule has 0 fully saturated rings. The van der Waals surface area contributed by atoms with E-state index >= 15 is 0 Å². The summed E-state index contributed by atoms with van der Waals surface area (Å²) in [7, 11) is 0. The van der Waals surface area contributed by atoms with Crippen LogP contribution in [0, 0.1) is 0 Å². The van der Waals surface area contributed by atoms with E-state index in [9.17, 15) is 9.59 Å². The fourth-order valence-corrected chi connectivity index (χ4v) is 0.329. The summed E-state index contributed by atoms with van der Waals surface area (Å²) in [5.74, 6) is -1.15. The van der Waals surface area contributed by atoms with Crippen molar-refractivity contribution >= 4 is 11.9 Å². The van der Waals surface area contributed by atoms with Gasteiger partial charge in [-0.15, -0.1) is 0 Å². The summed E-state index contributed by atoms with van der Waals surface area (Å²) in [5.41, 5.74) is 4.99. The van der Waals surface area contributed by atoms with Gasteiger partial charge in [-0.25, -0.2) is 0 Å². The maximum atomic E-state index is 10.3. The van der Waals surface area contributed by atoms with Crippen LogP contribution in [0.5, 0.6) is 0 Å². The molecule has 0 spiro atoms. The van der Waals surface area contributed by atoms with Crippen LogP contribution in [0.15, 0.2) is 0 Å². The summed E-state index contributed by atoms with van der Waals surface area (Å²) in [6.45, 7) is 1.39. The minimum atomic E-state index is -0.589. The third kappa shape index (κ3) is 4.96. The molecule has 0 saturated carbocycles. The van der Waals surface area contributed by atoms with E-state index in [1.807, 2.05) is 0 Å². The maximum absolute atomic E-state index is 10.3. The van der Waals surface area contributed by atoms with Gasteiger partial charge in [0.05, 0.1) is 6.42 Å². The highest BCUT2D eigenvalue weighted by molar-refractivity contribution is 5.84. The first-order valence-corrected chi connectivity index (χ1v) is 2.58. The lowest BCUT2D eigenvalue weighted by Crippen LogP contribution is -2.13. The monoisotopic (exact) mass is 131 g/mol. The van der Waals surface area contributed by atoms with E-state index in [1.165, 1.54) is 6.92 Å². The highest BCUT2D eigenvalue weighted by Crippen LogP contribution is 1.83. The van der Waals surface area contributed by atoms with E-state index in [0.29, 0.717) is 0 Å². The first-order chi connectivity index (χ1) is 4.16. The zero-order valence-corrected chi connectivity index (χ0v) is 5.22. The summed E-state index contributed by atoms with van der Waals surface area (Å²) < 4.78 is 4.13. The van der Waals surface area contributed by atoms with Gasteiger partial charge in [0, 0.05) is 13.5 Å². The molecule has 0 aromatic carbocycles. The van der Waals surface area contributed by atoms with Crippen LogP contribution in [0.25, 0.3) is 0 Å². The molecule has 0 radical (unpaired) electrons. The Hall–Kier alpha value is -0.900. The van der Waals surface area contributed by atoms with Crippen molar-refractivity contribution in [3.05, 3.63) is 0 Å². The van der Waals surface area contributed by atoms with E-state index in [4.69, 9.17) is 5.73 Å². The Morgan fingerprint density at radius 1 is 1.56 bits per heavy atom. The molecule has 4 nitrogen and oxygen atoms in total. The van der Waals surface area contributed by atoms with E-state index in [2.05, 4.69) is 4.74 Å². The lowest BCUT2D eigenvalue weighted by molar-refractivity contribution is -0.157. The zero-order valence-electron chi connectivity index (χ0n) is 5.22. The lowest BCUT2D eigenvalue weighted by Gasteiger charge is -1.94. The largest absolute Gasteiger partial charge is 0.393 e. The van der Waals surface area contributed by atoms with Crippen molar-refractivity contribution in [1.82, 2.24) is 0 Å². The molecule has 0 heterocycles. The van der Waals surface area contributed by atoms with E-state index < -0.39 is 11.9 Å². The molecule has 0 aliphatic heterocycles. The van der Waals surface area contributed by atoms with Gasteiger partial charge >= 0.3 is 11.9 Å². The number of ether oxygens (including phenoxy) is 1. The van der Waals surface area contributed by atoms with Crippen molar-refractivity contribution < 1.29 is 14.3 Å². The van der Waals surface area contributed by atoms with Crippen molar-refractivity contribution in [2.75, 3.05) is 6.54 Å². The van der Waals surface area contributed by atoms with Crippen LogP contribution in [0.2, 0.25) is 0 Å². The predicted molar refractivity (Wildman–Crippen MR) is 30.4 cm³/mol. The summed E-state index contributed by atoms with van der Waals surface area (Å²) in [6, 6.07) is 0. The summed E-state index contributed by atoms with van der Waals surface area (Å²) in [4.78, 5) is 20.4. The highest BCUT2D eigenvalue weighted by atomic mass is 16.6. The molecular formula is C5H9NO3. The third-order valence-corrected chi connectivity index (χ3v) is 0.606. The number of esters is 2. The Bertz CT molecular complexity index is 121. The number of nitrogens with two attached hydrogens (primary N) is 1. The standard InChI is InChI=1S/C5H9NO3/c1-4(7)9-5(8)2-3-6/h2-3,6H2,1H3. The third-order valence-electron chi connectivity index (χ3n) is 0.606. The van der Waals surface area contributed by atoms with Crippen molar-refractivity contribution in [3.8, 4) is 0 Å². The Morgan fingerprint density at radius 3 is 2.44 bits per heavy atom. The van der Waals surface area contributed by atoms with Crippen LogP contribution in [0.4, 0.5) is 0 Å². The molecule has 0 bridgehead atoms. The molecule has 2 N–H and O–H groups in total. The lowest BCUT2D eigenvalue weighted by atomic mass is 10.4. The quantitative estimate of drug-likeness (QED) is 0.402. The Kier molecular flexibility index (Phi) is 3.62. The smallest absolute Gasteiger partial charge is 0.314 e. The molecule has 9 heavy (non-hydrogen) atoms. The normalized spacial score (nSPS) is 8.67. The molecule has 0 aromatic heterocycles. The second-order valence-corrected chi connectivity index (χ2v) is 1.50. The molecule has 0 rings (SSSR count). The number of carbonyl (C=O) groups is 2. The average Bonchev–Trinajstić information content (AvgIpc) is 1.63. The zero-order chi connectivity index (χ0) is 7.28. The first-order valence-electron chi connectivity index (χ1n) is 2.58. The van der Waals surface area contributed by atoms with Gasteiger partial charge in [-0.2, -0.15) is 0 Å². The van der Waals surface area contributed by atoms with Crippen molar-refractivity contribution in [1.29, 1.82) is 0 Å². The average molecular weight is 131 g/mol. The second-order valence-electron chi connectivity index (χ2n) is 1.50. The molecule has 0 aliphatic rings. The molecular weight excluding hydrogens is 122 g/mol. The van der Waals surface area contributed by atoms with E-state index in [1.54, 1.807) is 0 Å². The fraction of sp³-hybridized carbons (Fsp3) is 0.600. The number of carbonyl (C=O) groups excluding carboxylic acids is 2. The molecule has 0 saturated heterocycles. The fourth-order valence-electron chi connectivity index (χ4n) is 0.329. The van der Waals surface area contributed by atoms with Crippen LogP contribution in [-0.4, -0.2) is 18.5 Å². The minimum absolute atomic E-state index is 0.0968. The first kappa shape index (κ1) is 8.10. The predicted octanol–water partition coefficient (Wildman–Crippen LogP) is -0.575. The van der Waals surface area contributed by atoms with E-state index in [0.717, 1.165) is 0 Å². The molecule has 0 amide bonds. The Labute approximate surface area is 53.0 Å². The van der Waals surface area contributed by atoms with Crippen molar-refractivity contribution in [2.45, 2.75) is 13.3 Å². The van der Waals surface area contributed by atoms with Gasteiger partial charge < -0.3 is 10.5 Å².